The van der Waals surface area contributed by atoms with Crippen LogP contribution in [-0.2, 0) is 6.61 Å². The normalized spacial score (nSPS) is 11.3. The summed E-state index contributed by atoms with van der Waals surface area (Å²) in [5.41, 5.74) is 4.24. The maximum absolute atomic E-state index is 13.8. The second-order valence-corrected chi connectivity index (χ2v) is 7.80. The molecule has 1 N–H and O–H groups in total. The van der Waals surface area contributed by atoms with Crippen molar-refractivity contribution < 1.29 is 23.1 Å². The van der Waals surface area contributed by atoms with Gasteiger partial charge in [0.15, 0.2) is 17.3 Å². The van der Waals surface area contributed by atoms with Crippen molar-refractivity contribution in [3.63, 3.8) is 0 Å². The first-order valence-electron chi connectivity index (χ1n) is 10.9. The number of carbonyl (C=O) groups excluding carboxylic acids is 1. The molecule has 4 aromatic carbocycles. The number of nitrogens with one attached hydrogen (secondary N) is 1. The molecule has 0 spiro atoms. The zero-order valence-corrected chi connectivity index (χ0v) is 18.8. The van der Waals surface area contributed by atoms with Crippen molar-refractivity contribution in [3.8, 4) is 11.5 Å². The SMILES string of the molecule is COc1cc(/C=N/NC(=O)c2cc3c(ccc4ccccc43)o2)ccc1OCc1ccccc1F. The summed E-state index contributed by atoms with van der Waals surface area (Å²) in [5, 5.41) is 6.98. The Morgan fingerprint density at radius 1 is 0.971 bits per heavy atom. The zero-order valence-electron chi connectivity index (χ0n) is 18.8. The first kappa shape index (κ1) is 22.2. The fraction of sp³-hybridized carbons (Fsp3) is 0.0714. The van der Waals surface area contributed by atoms with Crippen LogP contribution in [0.2, 0.25) is 0 Å². The third kappa shape index (κ3) is 4.70. The first-order chi connectivity index (χ1) is 17.1. The van der Waals surface area contributed by atoms with Gasteiger partial charge in [0.05, 0.1) is 13.3 Å². The van der Waals surface area contributed by atoms with Crippen LogP contribution in [-0.4, -0.2) is 19.2 Å². The molecule has 5 aromatic rings. The fourth-order valence-electron chi connectivity index (χ4n) is 3.78. The number of amides is 1. The minimum absolute atomic E-state index is 0.0688. The van der Waals surface area contributed by atoms with Crippen molar-refractivity contribution in [2.24, 2.45) is 5.10 Å². The Morgan fingerprint density at radius 2 is 1.80 bits per heavy atom. The second-order valence-electron chi connectivity index (χ2n) is 7.80. The lowest BCUT2D eigenvalue weighted by molar-refractivity contribution is 0.0929. The molecule has 1 aromatic heterocycles. The number of fused-ring (bicyclic) bond motifs is 3. The van der Waals surface area contributed by atoms with Gasteiger partial charge < -0.3 is 13.9 Å². The van der Waals surface area contributed by atoms with E-state index in [1.54, 1.807) is 42.5 Å². The molecule has 0 radical (unpaired) electrons. The maximum Gasteiger partial charge on any atom is 0.307 e. The number of rotatable bonds is 7. The van der Waals surface area contributed by atoms with Crippen LogP contribution in [0.5, 0.6) is 11.5 Å². The molecular weight excluding hydrogens is 447 g/mol. The highest BCUT2D eigenvalue weighted by Gasteiger charge is 2.13. The van der Waals surface area contributed by atoms with Crippen LogP contribution >= 0.6 is 0 Å². The van der Waals surface area contributed by atoms with Gasteiger partial charge in [-0.15, -0.1) is 0 Å². The molecule has 35 heavy (non-hydrogen) atoms. The number of benzene rings is 4. The number of hydrogen-bond acceptors (Lipinski definition) is 5. The molecule has 7 heteroatoms. The van der Waals surface area contributed by atoms with Crippen molar-refractivity contribution in [3.05, 3.63) is 108 Å². The van der Waals surface area contributed by atoms with E-state index in [0.717, 1.165) is 16.2 Å². The van der Waals surface area contributed by atoms with Gasteiger partial charge in [0.1, 0.15) is 18.0 Å². The van der Waals surface area contributed by atoms with Crippen LogP contribution in [0.25, 0.3) is 21.7 Å². The minimum Gasteiger partial charge on any atom is -0.493 e. The van der Waals surface area contributed by atoms with Crippen molar-refractivity contribution >= 4 is 33.9 Å². The molecule has 6 nitrogen and oxygen atoms in total. The lowest BCUT2D eigenvalue weighted by Crippen LogP contribution is -2.16. The average Bonchev–Trinajstić information content (AvgIpc) is 3.34. The maximum atomic E-state index is 13.8. The highest BCUT2D eigenvalue weighted by molar-refractivity contribution is 6.08. The van der Waals surface area contributed by atoms with Gasteiger partial charge >= 0.3 is 5.91 Å². The molecule has 0 atom stereocenters. The third-order valence-corrected chi connectivity index (χ3v) is 5.56. The third-order valence-electron chi connectivity index (χ3n) is 5.56. The van der Waals surface area contributed by atoms with Crippen molar-refractivity contribution in [2.75, 3.05) is 7.11 Å². The smallest absolute Gasteiger partial charge is 0.307 e. The standard InChI is InChI=1S/C28H21FN2O4/c1-33-26-14-18(10-12-25(26)34-17-20-7-3-5-9-23(20)29)16-30-31-28(32)27-15-22-21-8-4-2-6-19(21)11-13-24(22)35-27/h2-16H,17H2,1H3,(H,31,32)/b30-16+. The summed E-state index contributed by atoms with van der Waals surface area (Å²) in [6.45, 7) is 0.0688. The molecule has 1 heterocycles. The van der Waals surface area contributed by atoms with Crippen molar-refractivity contribution in [1.29, 1.82) is 0 Å². The van der Waals surface area contributed by atoms with E-state index in [9.17, 15) is 9.18 Å². The lowest BCUT2D eigenvalue weighted by Gasteiger charge is -2.11. The van der Waals surface area contributed by atoms with E-state index in [0.29, 0.717) is 28.2 Å². The highest BCUT2D eigenvalue weighted by atomic mass is 19.1. The molecule has 0 aliphatic carbocycles. The van der Waals surface area contributed by atoms with Gasteiger partial charge in [-0.1, -0.05) is 48.5 Å². The molecule has 0 aliphatic heterocycles. The van der Waals surface area contributed by atoms with E-state index in [4.69, 9.17) is 13.9 Å². The number of methoxy groups -OCH3 is 1. The van der Waals surface area contributed by atoms with E-state index in [1.807, 2.05) is 36.4 Å². The van der Waals surface area contributed by atoms with Crippen LogP contribution in [0, 0.1) is 5.82 Å². The Bertz CT molecular complexity index is 1560. The predicted molar refractivity (Wildman–Crippen MR) is 133 cm³/mol. The Morgan fingerprint density at radius 3 is 2.66 bits per heavy atom. The molecule has 0 bridgehead atoms. The number of hydrogen-bond donors (Lipinski definition) is 1. The minimum atomic E-state index is -0.460. The van der Waals surface area contributed by atoms with Gasteiger partial charge in [-0.3, -0.25) is 4.79 Å². The summed E-state index contributed by atoms with van der Waals surface area (Å²) in [6, 6.07) is 25.0. The largest absolute Gasteiger partial charge is 0.493 e. The zero-order chi connectivity index (χ0) is 24.2. The van der Waals surface area contributed by atoms with E-state index in [2.05, 4.69) is 10.5 Å². The Hall–Kier alpha value is -4.65. The fourth-order valence-corrected chi connectivity index (χ4v) is 3.78. The molecule has 174 valence electrons. The van der Waals surface area contributed by atoms with E-state index >= 15 is 0 Å². The summed E-state index contributed by atoms with van der Waals surface area (Å²) in [7, 11) is 1.51. The molecular formula is C28H21FN2O4. The van der Waals surface area contributed by atoms with Gasteiger partial charge in [-0.05, 0) is 52.7 Å². The van der Waals surface area contributed by atoms with Crippen molar-refractivity contribution in [2.45, 2.75) is 6.61 Å². The molecule has 0 fully saturated rings. The number of ether oxygens (including phenoxy) is 2. The average molecular weight is 468 g/mol. The summed E-state index contributed by atoms with van der Waals surface area (Å²) in [6.07, 6.45) is 1.49. The van der Waals surface area contributed by atoms with Gasteiger partial charge in [-0.2, -0.15) is 5.10 Å². The molecule has 0 unspecified atom stereocenters. The highest BCUT2D eigenvalue weighted by Crippen LogP contribution is 2.29. The van der Waals surface area contributed by atoms with E-state index < -0.39 is 5.91 Å². The van der Waals surface area contributed by atoms with E-state index in [-0.39, 0.29) is 18.2 Å². The molecule has 0 aliphatic rings. The number of halogens is 1. The summed E-state index contributed by atoms with van der Waals surface area (Å²) >= 11 is 0. The Kier molecular flexibility index (Phi) is 6.13. The quantitative estimate of drug-likeness (QED) is 0.232. The molecule has 1 amide bonds. The number of furan rings is 1. The topological polar surface area (TPSA) is 73.1 Å². The lowest BCUT2D eigenvalue weighted by atomic mass is 10.1. The monoisotopic (exact) mass is 468 g/mol. The van der Waals surface area contributed by atoms with Gasteiger partial charge in [0.25, 0.3) is 0 Å². The van der Waals surface area contributed by atoms with Crippen LogP contribution < -0.4 is 14.9 Å². The summed E-state index contributed by atoms with van der Waals surface area (Å²) in [5.74, 6) is 0.303. The van der Waals surface area contributed by atoms with Gasteiger partial charge in [0.2, 0.25) is 0 Å². The molecule has 5 rings (SSSR count). The number of nitrogens with zero attached hydrogens (tertiary/aromatic N) is 1. The predicted octanol–water partition coefficient (Wildman–Crippen LogP) is 6.08. The van der Waals surface area contributed by atoms with Crippen molar-refractivity contribution in [1.82, 2.24) is 5.43 Å². The first-order valence-corrected chi connectivity index (χ1v) is 10.9. The van der Waals surface area contributed by atoms with Crippen LogP contribution in [0.15, 0.2) is 94.4 Å². The van der Waals surface area contributed by atoms with Crippen LogP contribution in [0.1, 0.15) is 21.7 Å². The Balaban J connectivity index is 1.27. The molecule has 0 saturated heterocycles. The van der Waals surface area contributed by atoms with Crippen LogP contribution in [0.4, 0.5) is 4.39 Å². The Labute approximate surface area is 200 Å². The van der Waals surface area contributed by atoms with Gasteiger partial charge in [-0.25, -0.2) is 9.82 Å². The second kappa shape index (κ2) is 9.69. The number of hydrazone groups is 1. The van der Waals surface area contributed by atoms with Gasteiger partial charge in [0, 0.05) is 10.9 Å². The van der Waals surface area contributed by atoms with E-state index in [1.165, 1.54) is 19.4 Å². The summed E-state index contributed by atoms with van der Waals surface area (Å²) < 4.78 is 30.6. The molecule has 0 saturated carbocycles. The van der Waals surface area contributed by atoms with Crippen LogP contribution in [0.3, 0.4) is 0 Å². The summed E-state index contributed by atoms with van der Waals surface area (Å²) in [4.78, 5) is 12.6. The number of carbonyl (C=O) groups is 1.